The highest BCUT2D eigenvalue weighted by molar-refractivity contribution is 6.01. The molecule has 2 unspecified atom stereocenters. The summed E-state index contributed by atoms with van der Waals surface area (Å²) in [5.74, 6) is 0.244. The molecule has 0 spiro atoms. The van der Waals surface area contributed by atoms with Gasteiger partial charge in [-0.05, 0) is 13.0 Å². The van der Waals surface area contributed by atoms with Gasteiger partial charge in [-0.25, -0.2) is 0 Å². The minimum Gasteiger partial charge on any atom is -0.299 e. The number of hydrogen-bond donors (Lipinski definition) is 0. The van der Waals surface area contributed by atoms with Gasteiger partial charge in [0.25, 0.3) is 0 Å². The smallest absolute Gasteiger partial charge is 0.146 e. The molecule has 0 amide bonds. The number of nitrogens with zero attached hydrogens (tertiary/aromatic N) is 2. The molecule has 2 aliphatic heterocycles. The first-order valence-electron chi connectivity index (χ1n) is 4.90. The van der Waals surface area contributed by atoms with Crippen molar-refractivity contribution in [3.05, 3.63) is 24.4 Å². The Hall–Kier alpha value is -1.38. The molecule has 74 valence electrons. The van der Waals surface area contributed by atoms with Gasteiger partial charge in [0.2, 0.25) is 0 Å². The number of carbonyl (C=O) groups is 1. The van der Waals surface area contributed by atoms with Crippen LogP contribution in [0.1, 0.15) is 20.3 Å². The number of ketones is 1. The van der Waals surface area contributed by atoms with Gasteiger partial charge in [0.05, 0.1) is 11.5 Å². The van der Waals surface area contributed by atoms with E-state index in [4.69, 9.17) is 0 Å². The Labute approximate surface area is 83.8 Å². The predicted molar refractivity (Wildman–Crippen MR) is 55.8 cm³/mol. The van der Waals surface area contributed by atoms with Gasteiger partial charge >= 0.3 is 0 Å². The first-order valence-corrected chi connectivity index (χ1v) is 4.90. The number of carbonyl (C=O) groups excluding carboxylic acids is 1. The molecule has 0 aromatic heterocycles. The van der Waals surface area contributed by atoms with Crippen LogP contribution in [0.3, 0.4) is 0 Å². The van der Waals surface area contributed by atoms with Crippen LogP contribution in [-0.2, 0) is 4.79 Å². The van der Waals surface area contributed by atoms with E-state index in [9.17, 15) is 4.79 Å². The second-order valence-electron chi connectivity index (χ2n) is 3.86. The summed E-state index contributed by atoms with van der Waals surface area (Å²) in [6.07, 6.45) is 10.1. The van der Waals surface area contributed by atoms with Crippen LogP contribution in [0.15, 0.2) is 29.5 Å². The summed E-state index contributed by atoms with van der Waals surface area (Å²) in [4.78, 5) is 11.8. The van der Waals surface area contributed by atoms with Crippen molar-refractivity contribution in [2.24, 2.45) is 10.5 Å². The highest BCUT2D eigenvalue weighted by Crippen LogP contribution is 2.34. The largest absolute Gasteiger partial charge is 0.299 e. The van der Waals surface area contributed by atoms with Gasteiger partial charge in [0, 0.05) is 18.8 Å². The van der Waals surface area contributed by atoms with Crippen LogP contribution in [0, 0.1) is 5.41 Å². The van der Waals surface area contributed by atoms with Crippen molar-refractivity contribution in [3.8, 4) is 0 Å². The molecule has 0 saturated carbocycles. The maximum Gasteiger partial charge on any atom is 0.146 e. The molecule has 0 bridgehead atoms. The molecule has 2 aliphatic rings. The van der Waals surface area contributed by atoms with Crippen LogP contribution in [0.5, 0.6) is 0 Å². The molecule has 2 atom stereocenters. The minimum atomic E-state index is -0.448. The standard InChI is InChI=1S/C11H14N2O/c1-3-10(14)11(2)8-12-13-7-5-4-6-9(11)13/h4-9H,3H2,1-2H3. The summed E-state index contributed by atoms with van der Waals surface area (Å²) in [6.45, 7) is 3.85. The highest BCUT2D eigenvalue weighted by atomic mass is 16.1. The number of hydrazone groups is 1. The number of hydrogen-bond acceptors (Lipinski definition) is 3. The van der Waals surface area contributed by atoms with Crippen molar-refractivity contribution in [3.63, 3.8) is 0 Å². The molecule has 0 aliphatic carbocycles. The number of Topliss-reactive ketones (excluding diaryl/α,β-unsaturated/α-hetero) is 1. The lowest BCUT2D eigenvalue weighted by Gasteiger charge is -2.30. The van der Waals surface area contributed by atoms with E-state index in [1.165, 1.54) is 0 Å². The van der Waals surface area contributed by atoms with Gasteiger partial charge in [-0.1, -0.05) is 19.1 Å². The van der Waals surface area contributed by atoms with E-state index >= 15 is 0 Å². The zero-order valence-electron chi connectivity index (χ0n) is 8.47. The van der Waals surface area contributed by atoms with Crippen molar-refractivity contribution in [1.29, 1.82) is 0 Å². The normalized spacial score (nSPS) is 33.6. The van der Waals surface area contributed by atoms with Crippen LogP contribution < -0.4 is 0 Å². The van der Waals surface area contributed by atoms with Gasteiger partial charge in [-0.3, -0.25) is 9.80 Å². The lowest BCUT2D eigenvalue weighted by atomic mass is 9.78. The SMILES string of the molecule is CCC(=O)C1(C)C=NN2C=CC=CC21. The van der Waals surface area contributed by atoms with E-state index in [2.05, 4.69) is 5.10 Å². The highest BCUT2D eigenvalue weighted by Gasteiger charge is 2.44. The Bertz CT molecular complexity index is 343. The Morgan fingerprint density at radius 1 is 1.57 bits per heavy atom. The second-order valence-corrected chi connectivity index (χ2v) is 3.86. The van der Waals surface area contributed by atoms with E-state index in [0.717, 1.165) is 0 Å². The predicted octanol–water partition coefficient (Wildman–Crippen LogP) is 1.73. The summed E-state index contributed by atoms with van der Waals surface area (Å²) >= 11 is 0. The lowest BCUT2D eigenvalue weighted by molar-refractivity contribution is -0.125. The van der Waals surface area contributed by atoms with E-state index in [-0.39, 0.29) is 11.8 Å². The van der Waals surface area contributed by atoms with Crippen molar-refractivity contribution < 1.29 is 4.79 Å². The Balaban J connectivity index is 2.31. The third-order valence-electron chi connectivity index (χ3n) is 2.92. The minimum absolute atomic E-state index is 0.0694. The monoisotopic (exact) mass is 190 g/mol. The van der Waals surface area contributed by atoms with Gasteiger partial charge in [-0.2, -0.15) is 5.10 Å². The molecule has 14 heavy (non-hydrogen) atoms. The summed E-state index contributed by atoms with van der Waals surface area (Å²) in [7, 11) is 0. The van der Waals surface area contributed by atoms with Crippen LogP contribution in [0.2, 0.25) is 0 Å². The maximum atomic E-state index is 11.8. The molecule has 3 nitrogen and oxygen atoms in total. The van der Waals surface area contributed by atoms with Gasteiger partial charge in [-0.15, -0.1) is 0 Å². The third-order valence-corrected chi connectivity index (χ3v) is 2.92. The van der Waals surface area contributed by atoms with Crippen LogP contribution in [0.25, 0.3) is 0 Å². The fourth-order valence-electron chi connectivity index (χ4n) is 1.95. The second kappa shape index (κ2) is 3.08. The van der Waals surface area contributed by atoms with E-state index < -0.39 is 5.41 Å². The molecule has 3 heteroatoms. The zero-order chi connectivity index (χ0) is 10.2. The van der Waals surface area contributed by atoms with E-state index in [1.54, 1.807) is 6.21 Å². The molecule has 2 rings (SSSR count). The summed E-state index contributed by atoms with van der Waals surface area (Å²) in [5, 5.41) is 6.07. The Kier molecular flexibility index (Phi) is 2.02. The van der Waals surface area contributed by atoms with E-state index in [1.807, 2.05) is 43.3 Å². The molecular weight excluding hydrogens is 176 g/mol. The molecule has 0 saturated heterocycles. The fourth-order valence-corrected chi connectivity index (χ4v) is 1.95. The van der Waals surface area contributed by atoms with Crippen LogP contribution >= 0.6 is 0 Å². The van der Waals surface area contributed by atoms with Gasteiger partial charge in [0.1, 0.15) is 5.78 Å². The number of allylic oxidation sites excluding steroid dienone is 2. The maximum absolute atomic E-state index is 11.8. The lowest BCUT2D eigenvalue weighted by Crippen LogP contribution is -2.42. The third kappa shape index (κ3) is 1.12. The fraction of sp³-hybridized carbons (Fsp3) is 0.455. The molecule has 0 fully saturated rings. The zero-order valence-corrected chi connectivity index (χ0v) is 8.47. The van der Waals surface area contributed by atoms with Gasteiger partial charge < -0.3 is 0 Å². The van der Waals surface area contributed by atoms with Crippen molar-refractivity contribution >= 4 is 12.0 Å². The molecule has 0 aromatic rings. The van der Waals surface area contributed by atoms with Crippen LogP contribution in [0.4, 0.5) is 0 Å². The molecule has 0 N–H and O–H groups in total. The molecule has 0 radical (unpaired) electrons. The topological polar surface area (TPSA) is 32.7 Å². The average molecular weight is 190 g/mol. The molecule has 2 heterocycles. The average Bonchev–Trinajstić information content (AvgIpc) is 2.58. The van der Waals surface area contributed by atoms with Crippen molar-refractivity contribution in [1.82, 2.24) is 5.01 Å². The Morgan fingerprint density at radius 2 is 2.36 bits per heavy atom. The van der Waals surface area contributed by atoms with Crippen molar-refractivity contribution in [2.45, 2.75) is 26.3 Å². The number of fused-ring (bicyclic) bond motifs is 1. The molecular formula is C11H14N2O. The first-order chi connectivity index (χ1) is 6.68. The summed E-state index contributed by atoms with van der Waals surface area (Å²) < 4.78 is 0. The van der Waals surface area contributed by atoms with Crippen LogP contribution in [-0.4, -0.2) is 23.0 Å². The van der Waals surface area contributed by atoms with E-state index in [0.29, 0.717) is 6.42 Å². The Morgan fingerprint density at radius 3 is 3.07 bits per heavy atom. The summed E-state index contributed by atoms with van der Waals surface area (Å²) in [6, 6.07) is 0.0694. The first kappa shape index (κ1) is 9.19. The quantitative estimate of drug-likeness (QED) is 0.664. The van der Waals surface area contributed by atoms with Gasteiger partial charge in [0.15, 0.2) is 0 Å². The summed E-state index contributed by atoms with van der Waals surface area (Å²) in [5.41, 5.74) is -0.448. The van der Waals surface area contributed by atoms with Crippen molar-refractivity contribution in [2.75, 3.05) is 0 Å². The molecule has 0 aromatic carbocycles. The number of rotatable bonds is 2.